The van der Waals surface area contributed by atoms with E-state index in [9.17, 15) is 9.59 Å². The minimum atomic E-state index is -1.68. The number of anilines is 1. The zero-order valence-electron chi connectivity index (χ0n) is 14.1. The van der Waals surface area contributed by atoms with Crippen LogP contribution < -0.4 is 10.4 Å². The van der Waals surface area contributed by atoms with Gasteiger partial charge in [0.1, 0.15) is 0 Å². The molecule has 0 bridgehead atoms. The number of hydrogen-bond acceptors (Lipinski definition) is 6. The molecule has 132 valence electrons. The van der Waals surface area contributed by atoms with Gasteiger partial charge in [0.2, 0.25) is 0 Å². The molecule has 2 aromatic rings. The Morgan fingerprint density at radius 3 is 2.16 bits per heavy atom. The van der Waals surface area contributed by atoms with Gasteiger partial charge in [-0.3, -0.25) is 0 Å². The van der Waals surface area contributed by atoms with Crippen LogP contribution in [0.1, 0.15) is 27.7 Å². The number of benzene rings is 1. The highest BCUT2D eigenvalue weighted by molar-refractivity contribution is 6.62. The van der Waals surface area contributed by atoms with Crippen LogP contribution in [-0.4, -0.2) is 45.9 Å². The van der Waals surface area contributed by atoms with Crippen molar-refractivity contribution in [3.8, 4) is 0 Å². The quantitative estimate of drug-likeness (QED) is 0.793. The van der Waals surface area contributed by atoms with Gasteiger partial charge in [-0.05, 0) is 45.3 Å². The summed E-state index contributed by atoms with van der Waals surface area (Å²) >= 11 is 0. The van der Waals surface area contributed by atoms with Crippen molar-refractivity contribution >= 4 is 41.6 Å². The van der Waals surface area contributed by atoms with Crippen molar-refractivity contribution in [3.63, 3.8) is 0 Å². The number of carbonyl (C=O) groups is 2. The largest absolute Gasteiger partial charge is 0.494 e. The number of aromatic nitrogens is 1. The molecule has 2 heterocycles. The van der Waals surface area contributed by atoms with E-state index in [0.717, 1.165) is 0 Å². The zero-order chi connectivity index (χ0) is 18.6. The van der Waals surface area contributed by atoms with Crippen LogP contribution in [0.25, 0.3) is 11.0 Å². The Hall–Kier alpha value is -2.59. The molecule has 0 radical (unpaired) electrons. The number of imide groups is 1. The van der Waals surface area contributed by atoms with E-state index >= 15 is 0 Å². The first kappa shape index (κ1) is 17.2. The molecule has 9 nitrogen and oxygen atoms in total. The van der Waals surface area contributed by atoms with Gasteiger partial charge in [-0.1, -0.05) is 11.2 Å². The first-order chi connectivity index (χ1) is 11.5. The summed E-state index contributed by atoms with van der Waals surface area (Å²) in [6.45, 7) is 7.64. The van der Waals surface area contributed by atoms with E-state index in [0.29, 0.717) is 5.46 Å². The average molecular weight is 348 g/mol. The lowest BCUT2D eigenvalue weighted by atomic mass is 9.78. The lowest BCUT2D eigenvalue weighted by Crippen LogP contribution is -2.41. The van der Waals surface area contributed by atoms with E-state index in [1.807, 2.05) is 27.7 Å². The average Bonchev–Trinajstić information content (AvgIpc) is 2.97. The zero-order valence-corrected chi connectivity index (χ0v) is 14.1. The van der Waals surface area contributed by atoms with Gasteiger partial charge in [0.15, 0.2) is 11.4 Å². The summed E-state index contributed by atoms with van der Waals surface area (Å²) in [7, 11) is -0.680. The highest BCUT2D eigenvalue weighted by Crippen LogP contribution is 2.37. The lowest BCUT2D eigenvalue weighted by molar-refractivity contribution is 0.00578. The molecular formula is C15H17BN2O7. The van der Waals surface area contributed by atoms with Gasteiger partial charge in [0, 0.05) is 0 Å². The summed E-state index contributed by atoms with van der Waals surface area (Å²) in [5.41, 5.74) is -0.231. The maximum atomic E-state index is 11.2. The summed E-state index contributed by atoms with van der Waals surface area (Å²) < 4.78 is 16.9. The third-order valence-electron chi connectivity index (χ3n) is 4.59. The summed E-state index contributed by atoms with van der Waals surface area (Å²) in [6.07, 6.45) is -3.35. The highest BCUT2D eigenvalue weighted by atomic mass is 16.7. The maximum absolute atomic E-state index is 11.2. The van der Waals surface area contributed by atoms with Gasteiger partial charge >= 0.3 is 19.3 Å². The molecule has 1 aromatic carbocycles. The molecule has 2 N–H and O–H groups in total. The second kappa shape index (κ2) is 5.46. The number of carboxylic acid groups (broad SMARTS) is 2. The van der Waals surface area contributed by atoms with Gasteiger partial charge < -0.3 is 24.0 Å². The van der Waals surface area contributed by atoms with Crippen LogP contribution in [0.15, 0.2) is 22.7 Å². The molecule has 1 aliphatic heterocycles. The molecular weight excluding hydrogens is 331 g/mol. The Balaban J connectivity index is 2.05. The highest BCUT2D eigenvalue weighted by Gasteiger charge is 2.51. The van der Waals surface area contributed by atoms with Gasteiger partial charge in [0.25, 0.3) is 0 Å². The number of hydrogen-bond donors (Lipinski definition) is 2. The van der Waals surface area contributed by atoms with Crippen molar-refractivity contribution < 1.29 is 33.6 Å². The van der Waals surface area contributed by atoms with Gasteiger partial charge in [-0.2, -0.15) is 4.90 Å². The van der Waals surface area contributed by atoms with Crippen LogP contribution in [0.2, 0.25) is 0 Å². The molecule has 25 heavy (non-hydrogen) atoms. The molecule has 1 saturated heterocycles. The van der Waals surface area contributed by atoms with E-state index in [1.165, 1.54) is 0 Å². The first-order valence-corrected chi connectivity index (χ1v) is 7.54. The molecule has 0 saturated carbocycles. The topological polar surface area (TPSA) is 122 Å². The molecule has 0 unspecified atom stereocenters. The van der Waals surface area contributed by atoms with E-state index in [1.54, 1.807) is 18.2 Å². The summed E-state index contributed by atoms with van der Waals surface area (Å²) in [5, 5.41) is 22.0. The van der Waals surface area contributed by atoms with E-state index in [-0.39, 0.29) is 21.7 Å². The molecule has 1 aromatic heterocycles. The first-order valence-electron chi connectivity index (χ1n) is 7.54. The van der Waals surface area contributed by atoms with Crippen LogP contribution in [0.3, 0.4) is 0 Å². The van der Waals surface area contributed by atoms with E-state index < -0.39 is 30.5 Å². The Kier molecular flexibility index (Phi) is 3.77. The molecule has 2 amide bonds. The predicted molar refractivity (Wildman–Crippen MR) is 88.3 cm³/mol. The summed E-state index contributed by atoms with van der Waals surface area (Å²) in [6, 6.07) is 4.82. The molecule has 0 atom stereocenters. The molecule has 0 aliphatic carbocycles. The Morgan fingerprint density at radius 2 is 1.64 bits per heavy atom. The summed E-state index contributed by atoms with van der Waals surface area (Å²) in [5.74, 6) is -0.326. The van der Waals surface area contributed by atoms with Crippen molar-refractivity contribution in [2.24, 2.45) is 0 Å². The van der Waals surface area contributed by atoms with Crippen molar-refractivity contribution in [2.45, 2.75) is 38.9 Å². The molecule has 1 fully saturated rings. The third kappa shape index (κ3) is 2.73. The van der Waals surface area contributed by atoms with Crippen molar-refractivity contribution in [3.05, 3.63) is 18.2 Å². The standard InChI is InChI=1S/C15H17BN2O7/c1-14(2)15(3,4)25-16(24-14)8-5-6-10-9(7-8)11(17-23-10)18(12(19)20)13(21)22/h5-7H,1-4H3,(H,19,20)(H,21,22). The smallest absolute Gasteiger partial charge is 0.464 e. The fourth-order valence-corrected chi connectivity index (χ4v) is 2.49. The minimum absolute atomic E-state index is 0.0971. The monoisotopic (exact) mass is 348 g/mol. The SMILES string of the molecule is CC1(C)OB(c2ccc3onc(N(C(=O)O)C(=O)O)c3c2)OC1(C)C. The van der Waals surface area contributed by atoms with Crippen LogP contribution in [0.4, 0.5) is 15.4 Å². The van der Waals surface area contributed by atoms with Crippen LogP contribution in [0, 0.1) is 0 Å². The maximum Gasteiger partial charge on any atom is 0.494 e. The molecule has 0 spiro atoms. The van der Waals surface area contributed by atoms with Gasteiger partial charge in [-0.15, -0.1) is 0 Å². The van der Waals surface area contributed by atoms with Crippen molar-refractivity contribution in [2.75, 3.05) is 4.90 Å². The Morgan fingerprint density at radius 1 is 1.08 bits per heavy atom. The molecule has 1 aliphatic rings. The van der Waals surface area contributed by atoms with Crippen molar-refractivity contribution in [1.82, 2.24) is 5.16 Å². The number of nitrogens with zero attached hydrogens (tertiary/aromatic N) is 2. The molecule has 3 rings (SSSR count). The number of fused-ring (bicyclic) bond motifs is 1. The van der Waals surface area contributed by atoms with Gasteiger partial charge in [-0.25, -0.2) is 9.59 Å². The van der Waals surface area contributed by atoms with Crippen molar-refractivity contribution in [1.29, 1.82) is 0 Å². The van der Waals surface area contributed by atoms with Crippen LogP contribution in [0.5, 0.6) is 0 Å². The number of amides is 2. The lowest BCUT2D eigenvalue weighted by Gasteiger charge is -2.32. The normalized spacial score (nSPS) is 18.5. The second-order valence-electron chi connectivity index (χ2n) is 6.75. The number of rotatable bonds is 2. The Bertz CT molecular complexity index is 831. The fourth-order valence-electron chi connectivity index (χ4n) is 2.49. The van der Waals surface area contributed by atoms with Crippen LogP contribution in [-0.2, 0) is 9.31 Å². The Labute approximate surface area is 143 Å². The van der Waals surface area contributed by atoms with E-state index in [2.05, 4.69) is 5.16 Å². The fraction of sp³-hybridized carbons (Fsp3) is 0.400. The minimum Gasteiger partial charge on any atom is -0.464 e. The van der Waals surface area contributed by atoms with Crippen LogP contribution >= 0.6 is 0 Å². The molecule has 10 heteroatoms. The third-order valence-corrected chi connectivity index (χ3v) is 4.59. The predicted octanol–water partition coefficient (Wildman–Crippen LogP) is 2.29. The second-order valence-corrected chi connectivity index (χ2v) is 6.75. The van der Waals surface area contributed by atoms with Gasteiger partial charge in [0.05, 0.1) is 16.6 Å². The van der Waals surface area contributed by atoms with E-state index in [4.69, 9.17) is 24.0 Å². The summed E-state index contributed by atoms with van der Waals surface area (Å²) in [4.78, 5) is 22.5.